The highest BCUT2D eigenvalue weighted by atomic mass is 16.5. The molecule has 1 unspecified atom stereocenters. The first-order chi connectivity index (χ1) is 12.2. The van der Waals surface area contributed by atoms with E-state index in [1.807, 2.05) is 24.3 Å². The zero-order chi connectivity index (χ0) is 17.2. The van der Waals surface area contributed by atoms with Crippen LogP contribution in [-0.4, -0.2) is 46.2 Å². The van der Waals surface area contributed by atoms with Crippen LogP contribution in [0.1, 0.15) is 30.3 Å². The van der Waals surface area contributed by atoms with E-state index in [9.17, 15) is 5.11 Å². The molecule has 130 valence electrons. The van der Waals surface area contributed by atoms with E-state index in [4.69, 9.17) is 4.74 Å². The molecule has 1 saturated heterocycles. The van der Waals surface area contributed by atoms with Crippen LogP contribution in [0.2, 0.25) is 0 Å². The summed E-state index contributed by atoms with van der Waals surface area (Å²) in [6.07, 6.45) is 1.99. The Hall–Kier alpha value is -2.37. The minimum absolute atomic E-state index is 0.211. The van der Waals surface area contributed by atoms with Gasteiger partial charge in [-0.05, 0) is 37.6 Å². The van der Waals surface area contributed by atoms with Crippen LogP contribution in [0.5, 0.6) is 5.75 Å². The van der Waals surface area contributed by atoms with Gasteiger partial charge in [0.1, 0.15) is 23.2 Å². The van der Waals surface area contributed by atoms with E-state index in [2.05, 4.69) is 34.0 Å². The van der Waals surface area contributed by atoms with Crippen molar-refractivity contribution in [2.24, 2.45) is 0 Å². The van der Waals surface area contributed by atoms with Crippen LogP contribution in [0.25, 0.3) is 11.0 Å². The van der Waals surface area contributed by atoms with Gasteiger partial charge in [0.25, 0.3) is 0 Å². The Morgan fingerprint density at radius 3 is 2.60 bits per heavy atom. The third-order valence-electron chi connectivity index (χ3n) is 4.86. The van der Waals surface area contributed by atoms with Gasteiger partial charge in [0.2, 0.25) is 0 Å². The molecule has 1 aliphatic heterocycles. The smallest absolute Gasteiger partial charge is 0.141 e. The Labute approximate surface area is 147 Å². The number of aromatic nitrogens is 2. The molecular formula is C20H23N3O2. The first kappa shape index (κ1) is 16.1. The summed E-state index contributed by atoms with van der Waals surface area (Å²) in [5.41, 5.74) is 2.48. The number of ether oxygens (including phenoxy) is 1. The number of likely N-dealkylation sites (tertiary alicyclic amines) is 1. The molecule has 2 heterocycles. The van der Waals surface area contributed by atoms with Gasteiger partial charge in [0, 0.05) is 13.1 Å². The summed E-state index contributed by atoms with van der Waals surface area (Å²) >= 11 is 0. The van der Waals surface area contributed by atoms with E-state index in [-0.39, 0.29) is 18.0 Å². The molecule has 0 aliphatic carbocycles. The number of fused-ring (bicyclic) bond motifs is 1. The van der Waals surface area contributed by atoms with Gasteiger partial charge in [-0.25, -0.2) is 4.98 Å². The number of piperidine rings is 1. The zero-order valence-electron chi connectivity index (χ0n) is 14.4. The Bertz CT molecular complexity index is 839. The summed E-state index contributed by atoms with van der Waals surface area (Å²) in [4.78, 5) is 10.3. The highest BCUT2D eigenvalue weighted by molar-refractivity contribution is 5.81. The lowest BCUT2D eigenvalue weighted by molar-refractivity contribution is -0.0264. The molecule has 3 aromatic rings. The number of phenolic OH excluding ortho intramolecular Hbond substituents is 1. The third kappa shape index (κ3) is 3.38. The molecule has 0 saturated carbocycles. The maximum Gasteiger partial charge on any atom is 0.141 e. The second-order valence-corrected chi connectivity index (χ2v) is 6.72. The second kappa shape index (κ2) is 6.86. The third-order valence-corrected chi connectivity index (χ3v) is 4.86. The minimum Gasteiger partial charge on any atom is -0.506 e. The number of phenols is 1. The lowest BCUT2D eigenvalue weighted by Gasteiger charge is -2.31. The molecule has 1 aromatic heterocycles. The van der Waals surface area contributed by atoms with Crippen LogP contribution in [-0.2, 0) is 4.74 Å². The standard InChI is InChI=1S/C20H23N3O2/c1-23-12-10-15(11-13-23)25-19(14-6-3-2-4-7-14)20-21-16-8-5-9-17(24)18(16)22-20/h2-9,15,19,24H,10-13H2,1H3,(H,21,22). The van der Waals surface area contributed by atoms with Crippen molar-refractivity contribution in [3.8, 4) is 5.75 Å². The highest BCUT2D eigenvalue weighted by Gasteiger charge is 2.26. The minimum atomic E-state index is -0.263. The molecule has 0 bridgehead atoms. The van der Waals surface area contributed by atoms with Crippen LogP contribution < -0.4 is 0 Å². The summed E-state index contributed by atoms with van der Waals surface area (Å²) < 4.78 is 6.48. The highest BCUT2D eigenvalue weighted by Crippen LogP contribution is 2.31. The van der Waals surface area contributed by atoms with Crippen molar-refractivity contribution in [3.63, 3.8) is 0 Å². The molecule has 0 amide bonds. The molecule has 4 rings (SSSR count). The van der Waals surface area contributed by atoms with Crippen LogP contribution in [0.4, 0.5) is 0 Å². The van der Waals surface area contributed by atoms with E-state index in [1.165, 1.54) is 0 Å². The summed E-state index contributed by atoms with van der Waals surface area (Å²) in [5, 5.41) is 10.1. The van der Waals surface area contributed by atoms with E-state index in [0.717, 1.165) is 42.8 Å². The van der Waals surface area contributed by atoms with Crippen LogP contribution in [0.3, 0.4) is 0 Å². The molecule has 1 fully saturated rings. The lowest BCUT2D eigenvalue weighted by atomic mass is 10.1. The number of imidazole rings is 1. The van der Waals surface area contributed by atoms with Crippen LogP contribution in [0.15, 0.2) is 48.5 Å². The fourth-order valence-corrected chi connectivity index (χ4v) is 3.40. The molecule has 0 radical (unpaired) electrons. The average molecular weight is 337 g/mol. The fourth-order valence-electron chi connectivity index (χ4n) is 3.40. The molecule has 5 heteroatoms. The Morgan fingerprint density at radius 2 is 1.88 bits per heavy atom. The number of rotatable bonds is 4. The number of para-hydroxylation sites is 1. The van der Waals surface area contributed by atoms with Crippen molar-refractivity contribution < 1.29 is 9.84 Å². The number of H-pyrrole nitrogens is 1. The topological polar surface area (TPSA) is 61.4 Å². The number of aromatic amines is 1. The number of nitrogens with one attached hydrogen (secondary N) is 1. The van der Waals surface area contributed by atoms with Crippen LogP contribution >= 0.6 is 0 Å². The van der Waals surface area contributed by atoms with E-state index < -0.39 is 0 Å². The molecule has 1 aliphatic rings. The van der Waals surface area contributed by atoms with Crippen molar-refractivity contribution in [2.45, 2.75) is 25.0 Å². The first-order valence-electron chi connectivity index (χ1n) is 8.77. The second-order valence-electron chi connectivity index (χ2n) is 6.72. The molecule has 1 atom stereocenters. The molecule has 5 nitrogen and oxygen atoms in total. The lowest BCUT2D eigenvalue weighted by Crippen LogP contribution is -2.35. The predicted molar refractivity (Wildman–Crippen MR) is 97.6 cm³/mol. The van der Waals surface area contributed by atoms with Crippen LogP contribution in [0, 0.1) is 0 Å². The van der Waals surface area contributed by atoms with Crippen molar-refractivity contribution in [3.05, 3.63) is 59.9 Å². The zero-order valence-corrected chi connectivity index (χ0v) is 14.4. The van der Waals surface area contributed by atoms with Crippen molar-refractivity contribution in [1.82, 2.24) is 14.9 Å². The molecule has 2 N–H and O–H groups in total. The van der Waals surface area contributed by atoms with Gasteiger partial charge in [0.05, 0.1) is 11.6 Å². The molecule has 0 spiro atoms. The van der Waals surface area contributed by atoms with Gasteiger partial charge >= 0.3 is 0 Å². The first-order valence-corrected chi connectivity index (χ1v) is 8.77. The fraction of sp³-hybridized carbons (Fsp3) is 0.350. The number of benzene rings is 2. The quantitative estimate of drug-likeness (QED) is 0.765. The van der Waals surface area contributed by atoms with E-state index in [1.54, 1.807) is 12.1 Å². The SMILES string of the molecule is CN1CCC(OC(c2ccccc2)c2nc3cccc(O)c3[nH]2)CC1. The van der Waals surface area contributed by atoms with E-state index >= 15 is 0 Å². The molecule has 25 heavy (non-hydrogen) atoms. The summed E-state index contributed by atoms with van der Waals surface area (Å²) in [6.45, 7) is 2.10. The number of aromatic hydroxyl groups is 1. The van der Waals surface area contributed by atoms with Crippen molar-refractivity contribution in [2.75, 3.05) is 20.1 Å². The van der Waals surface area contributed by atoms with Gasteiger partial charge in [-0.3, -0.25) is 0 Å². The number of hydrogen-bond donors (Lipinski definition) is 2. The molecular weight excluding hydrogens is 314 g/mol. The molecule has 2 aromatic carbocycles. The van der Waals surface area contributed by atoms with E-state index in [0.29, 0.717) is 5.52 Å². The van der Waals surface area contributed by atoms with Gasteiger partial charge in [-0.1, -0.05) is 36.4 Å². The summed E-state index contributed by atoms with van der Waals surface area (Å²) in [6, 6.07) is 15.5. The Balaban J connectivity index is 1.68. The number of nitrogens with zero attached hydrogens (tertiary/aromatic N) is 2. The summed E-state index contributed by atoms with van der Waals surface area (Å²) in [5.74, 6) is 0.948. The summed E-state index contributed by atoms with van der Waals surface area (Å²) in [7, 11) is 2.15. The largest absolute Gasteiger partial charge is 0.506 e. The van der Waals surface area contributed by atoms with Crippen molar-refractivity contribution >= 4 is 11.0 Å². The number of hydrogen-bond acceptors (Lipinski definition) is 4. The van der Waals surface area contributed by atoms with Crippen molar-refractivity contribution in [1.29, 1.82) is 0 Å². The van der Waals surface area contributed by atoms with Gasteiger partial charge in [-0.2, -0.15) is 0 Å². The van der Waals surface area contributed by atoms with Gasteiger partial charge in [-0.15, -0.1) is 0 Å². The maximum atomic E-state index is 10.1. The predicted octanol–water partition coefficient (Wildman–Crippen LogP) is 3.47. The normalized spacial score (nSPS) is 17.8. The van der Waals surface area contributed by atoms with Gasteiger partial charge < -0.3 is 19.7 Å². The average Bonchev–Trinajstić information content (AvgIpc) is 3.07. The Kier molecular flexibility index (Phi) is 4.42. The Morgan fingerprint density at radius 1 is 1.12 bits per heavy atom. The monoisotopic (exact) mass is 337 g/mol. The maximum absolute atomic E-state index is 10.1. The van der Waals surface area contributed by atoms with Gasteiger partial charge in [0.15, 0.2) is 0 Å².